The van der Waals surface area contributed by atoms with Gasteiger partial charge in [-0.25, -0.2) is 31.1 Å². The molecule has 67 heavy (non-hydrogen) atoms. The number of ether oxygens (including phenoxy) is 4. The van der Waals surface area contributed by atoms with Gasteiger partial charge in [-0.2, -0.15) is 0 Å². The van der Waals surface area contributed by atoms with Crippen LogP contribution >= 0.6 is 10.7 Å². The van der Waals surface area contributed by atoms with Gasteiger partial charge in [0.25, 0.3) is 0 Å². The molecule has 0 radical (unpaired) electrons. The topological polar surface area (TPSA) is 210 Å². The highest BCUT2D eigenvalue weighted by Crippen LogP contribution is 2.25. The number of aryl methyl sites for hydroxylation is 4. The van der Waals surface area contributed by atoms with Crippen LogP contribution in [0, 0.1) is 0 Å². The third kappa shape index (κ3) is 21.7. The summed E-state index contributed by atoms with van der Waals surface area (Å²) in [6, 6.07) is 20.3. The van der Waals surface area contributed by atoms with Gasteiger partial charge in [0.05, 0.1) is 37.0 Å². The molecule has 0 saturated carbocycles. The van der Waals surface area contributed by atoms with E-state index in [1.807, 2.05) is 102 Å². The van der Waals surface area contributed by atoms with E-state index in [0.717, 1.165) is 84.6 Å². The molecule has 3 N–H and O–H groups in total. The summed E-state index contributed by atoms with van der Waals surface area (Å²) in [5.74, 6) is 1.41. The lowest BCUT2D eigenvalue weighted by Crippen LogP contribution is -2.55. The molecule has 2 aliphatic heterocycles. The second kappa shape index (κ2) is 24.8. The van der Waals surface area contributed by atoms with Crippen LogP contribution in [0.3, 0.4) is 0 Å². The summed E-state index contributed by atoms with van der Waals surface area (Å²) >= 11 is 0. The molecule has 0 spiro atoms. The first kappa shape index (κ1) is 54.6. The average molecular weight is 988 g/mol. The molecule has 2 fully saturated rings. The zero-order valence-corrected chi connectivity index (χ0v) is 42.3. The van der Waals surface area contributed by atoms with Gasteiger partial charge in [0.1, 0.15) is 35.9 Å². The number of nitrogens with zero attached hydrogens (tertiary/aromatic N) is 4. The monoisotopic (exact) mass is 986 g/mol. The first-order valence-electron chi connectivity index (χ1n) is 22.1. The van der Waals surface area contributed by atoms with E-state index < -0.39 is 30.3 Å². The van der Waals surface area contributed by atoms with E-state index in [1.54, 1.807) is 22.2 Å². The van der Waals surface area contributed by atoms with Crippen molar-refractivity contribution in [3.63, 3.8) is 0 Å². The van der Waals surface area contributed by atoms with Crippen LogP contribution in [0.2, 0.25) is 0 Å². The molecular weight excluding hydrogens is 920 g/mol. The molecule has 4 aromatic rings. The van der Waals surface area contributed by atoms with E-state index in [0.29, 0.717) is 38.6 Å². The van der Waals surface area contributed by atoms with Crippen molar-refractivity contribution < 1.29 is 45.4 Å². The number of amides is 2. The number of rotatable bonds is 16. The molecule has 368 valence electrons. The zero-order valence-electron chi connectivity index (χ0n) is 39.9. The average Bonchev–Trinajstić information content (AvgIpc) is 3.19. The van der Waals surface area contributed by atoms with Gasteiger partial charge in [0.15, 0.2) is 0 Å². The van der Waals surface area contributed by atoms with Gasteiger partial charge in [0.2, 0.25) is 19.1 Å². The lowest BCUT2D eigenvalue weighted by Gasteiger charge is -2.41. The van der Waals surface area contributed by atoms with Gasteiger partial charge in [-0.15, -0.1) is 0 Å². The molecule has 19 heteroatoms. The molecule has 2 aromatic heterocycles. The van der Waals surface area contributed by atoms with Crippen LogP contribution in [-0.4, -0.2) is 111 Å². The Bertz CT molecular complexity index is 2460. The number of likely N-dealkylation sites (tertiary alicyclic amines) is 2. The summed E-state index contributed by atoms with van der Waals surface area (Å²) < 4.78 is 66.6. The molecule has 0 bridgehead atoms. The lowest BCUT2D eigenvalue weighted by atomic mass is 10.0. The Kier molecular flexibility index (Phi) is 20.2. The van der Waals surface area contributed by atoms with E-state index in [4.69, 9.17) is 24.7 Å². The second-order valence-corrected chi connectivity index (χ2v) is 23.4. The van der Waals surface area contributed by atoms with E-state index in [9.17, 15) is 26.4 Å². The number of sulfonamides is 1. The maximum absolute atomic E-state index is 12.3. The maximum atomic E-state index is 12.3. The Morgan fingerprint density at radius 2 is 1.04 bits per heavy atom. The van der Waals surface area contributed by atoms with Gasteiger partial charge >= 0.3 is 12.2 Å². The Hall–Kier alpha value is -5.01. The van der Waals surface area contributed by atoms with Crippen molar-refractivity contribution in [2.75, 3.05) is 38.8 Å². The molecule has 2 amide bonds. The molecule has 16 nitrogen and oxygen atoms in total. The van der Waals surface area contributed by atoms with Gasteiger partial charge in [-0.3, -0.25) is 9.97 Å². The second-order valence-electron chi connectivity index (χ2n) is 18.5. The third-order valence-electron chi connectivity index (χ3n) is 10.1. The Morgan fingerprint density at radius 3 is 1.42 bits per heavy atom. The number of hydrogen-bond donors (Lipinski definition) is 2. The van der Waals surface area contributed by atoms with Gasteiger partial charge in [-0.05, 0) is 126 Å². The predicted molar refractivity (Wildman–Crippen MR) is 260 cm³/mol. The molecule has 2 saturated heterocycles. The number of carbonyl (C=O) groups is 2. The number of pyridine rings is 2. The molecular formula is C48H67ClN6O10S2. The van der Waals surface area contributed by atoms with Crippen molar-refractivity contribution >= 4 is 41.9 Å². The number of halogens is 1. The van der Waals surface area contributed by atoms with Crippen LogP contribution in [0.5, 0.6) is 11.5 Å². The minimum atomic E-state index is -3.22. The SMILES string of the molecule is CC(C)(C)OC(=O)N1CC[C@H]1COc1cncc(CCc2cccc(CN)c2)c1.CC(C)(C)OC(=O)N1CC[C@H]1COc1cncc(CCc2cccc(CNS(C)(=O)=O)c2)c1.CS(=O)(=O)Cl. The van der Waals surface area contributed by atoms with E-state index in [2.05, 4.69) is 37.5 Å². The van der Waals surface area contributed by atoms with Gasteiger partial charge in [0, 0.05) is 49.3 Å². The van der Waals surface area contributed by atoms with E-state index >= 15 is 0 Å². The summed E-state index contributed by atoms with van der Waals surface area (Å²) in [5.41, 5.74) is 11.3. The summed E-state index contributed by atoms with van der Waals surface area (Å²) in [5, 5.41) is 0. The molecule has 2 atom stereocenters. The first-order chi connectivity index (χ1) is 31.3. The number of aromatic nitrogens is 2. The van der Waals surface area contributed by atoms with Crippen molar-refractivity contribution in [1.82, 2.24) is 24.5 Å². The van der Waals surface area contributed by atoms with Crippen molar-refractivity contribution in [2.45, 2.75) is 116 Å². The van der Waals surface area contributed by atoms with Gasteiger partial charge in [-0.1, -0.05) is 48.5 Å². The third-order valence-corrected chi connectivity index (χ3v) is 10.8. The van der Waals surface area contributed by atoms with Gasteiger partial charge < -0.3 is 34.5 Å². The molecule has 0 aliphatic carbocycles. The molecule has 0 unspecified atom stereocenters. The predicted octanol–water partition coefficient (Wildman–Crippen LogP) is 7.20. The van der Waals surface area contributed by atoms with Crippen molar-refractivity contribution in [3.05, 3.63) is 119 Å². The summed E-state index contributed by atoms with van der Waals surface area (Å²) in [6.07, 6.45) is 13.8. The van der Waals surface area contributed by atoms with E-state index in [1.165, 1.54) is 5.56 Å². The summed E-state index contributed by atoms with van der Waals surface area (Å²) in [6.45, 7) is 14.3. The first-order valence-corrected chi connectivity index (χ1v) is 26.8. The number of nitrogens with one attached hydrogen (secondary N) is 1. The minimum absolute atomic E-state index is 0.00629. The van der Waals surface area contributed by atoms with Crippen LogP contribution in [-0.2, 0) is 67.3 Å². The zero-order chi connectivity index (χ0) is 49.4. The number of nitrogens with two attached hydrogens (primary N) is 1. The Balaban J connectivity index is 0.000000267. The summed E-state index contributed by atoms with van der Waals surface area (Å²) in [4.78, 5) is 36.5. The minimum Gasteiger partial charge on any atom is -0.490 e. The highest BCUT2D eigenvalue weighted by molar-refractivity contribution is 8.13. The van der Waals surface area contributed by atoms with Crippen LogP contribution in [0.15, 0.2) is 85.5 Å². The highest BCUT2D eigenvalue weighted by Gasteiger charge is 2.37. The van der Waals surface area contributed by atoms with Crippen molar-refractivity contribution in [1.29, 1.82) is 0 Å². The van der Waals surface area contributed by atoms with Crippen molar-refractivity contribution in [2.24, 2.45) is 5.73 Å². The Labute approximate surface area is 401 Å². The lowest BCUT2D eigenvalue weighted by molar-refractivity contribution is -0.0149. The van der Waals surface area contributed by atoms with Crippen LogP contribution in [0.25, 0.3) is 0 Å². The fourth-order valence-corrected chi connectivity index (χ4v) is 7.12. The molecule has 2 aromatic carbocycles. The molecule has 4 heterocycles. The maximum Gasteiger partial charge on any atom is 0.410 e. The smallest absolute Gasteiger partial charge is 0.410 e. The van der Waals surface area contributed by atoms with Crippen LogP contribution in [0.1, 0.15) is 87.8 Å². The van der Waals surface area contributed by atoms with Crippen LogP contribution in [0.4, 0.5) is 9.59 Å². The summed E-state index contributed by atoms with van der Waals surface area (Å²) in [7, 11) is -1.91. The molecule has 2 aliphatic rings. The van der Waals surface area contributed by atoms with Crippen molar-refractivity contribution in [3.8, 4) is 11.5 Å². The Morgan fingerprint density at radius 1 is 0.657 bits per heavy atom. The fourth-order valence-electron chi connectivity index (χ4n) is 6.69. The standard InChI is InChI=1S/C24H33N3O5S.C23H31N3O3.CH3ClO2S/c1-24(2,3)32-23(28)27-11-10-21(27)17-31-22-13-20(14-25-16-22)9-8-18-6-5-7-19(12-18)15-26-33(4,29)30;1-23(2,3)29-22(27)26-10-9-20(26)16-28-21-12-19(14-25-15-21)8-7-17-5-4-6-18(11-17)13-24;1-5(2,3)4/h5-7,12-14,16,21,26H,8-11,15,17H2,1-4H3;4-6,11-12,14-15,20H,7-10,13,16,24H2,1-3H3;1H3/t21-;20-;/m00./s1. The number of hydrogen-bond acceptors (Lipinski definition) is 13. The quantitative estimate of drug-likeness (QED) is 0.107. The number of carbonyl (C=O) groups excluding carboxylic acids is 2. The highest BCUT2D eigenvalue weighted by atomic mass is 35.7. The fraction of sp³-hybridized carbons (Fsp3) is 0.500. The van der Waals surface area contributed by atoms with E-state index in [-0.39, 0.29) is 30.8 Å². The number of benzene rings is 2. The van der Waals surface area contributed by atoms with Crippen LogP contribution < -0.4 is 19.9 Å². The largest absolute Gasteiger partial charge is 0.490 e. The normalized spacial score (nSPS) is 15.9. The molecule has 6 rings (SSSR count).